The molecule has 2 aromatic rings. The largest absolute Gasteiger partial charge is 0.484 e. The van der Waals surface area contributed by atoms with Crippen molar-refractivity contribution in [1.29, 1.82) is 0 Å². The predicted molar refractivity (Wildman–Crippen MR) is 102 cm³/mol. The van der Waals surface area contributed by atoms with E-state index in [2.05, 4.69) is 14.8 Å². The fraction of sp³-hybridized carbons (Fsp3) is 0.316. The number of nitrogens with one attached hydrogen (secondary N) is 1. The van der Waals surface area contributed by atoms with Crippen LogP contribution in [-0.2, 0) is 26.6 Å². The number of ether oxygens (including phenoxy) is 3. The molecule has 0 atom stereocenters. The Hall–Kier alpha value is -3.29. The number of anilines is 1. The standard InChI is InChI=1S/C19H15F6NO6S/c1-8-13(16(28)30-2)15(33-14(8)17(29)31-3)26-12(27)7-32-11-5-9(18(20,21)22)4-10(6-11)19(23,24)25/h4-6H,7H2,1-3H3,(H,26,27). The minimum Gasteiger partial charge on any atom is -0.484 e. The van der Waals surface area contributed by atoms with Crippen LogP contribution >= 0.6 is 11.3 Å². The number of esters is 2. The molecule has 0 aliphatic heterocycles. The Kier molecular flexibility index (Phi) is 7.62. The van der Waals surface area contributed by atoms with Gasteiger partial charge in [0.05, 0.1) is 30.9 Å². The molecule has 0 fully saturated rings. The average molecular weight is 499 g/mol. The van der Waals surface area contributed by atoms with Crippen molar-refractivity contribution in [2.75, 3.05) is 26.1 Å². The summed E-state index contributed by atoms with van der Waals surface area (Å²) >= 11 is 0.664. The normalized spacial score (nSPS) is 11.7. The van der Waals surface area contributed by atoms with Gasteiger partial charge in [-0.3, -0.25) is 4.79 Å². The molecule has 180 valence electrons. The zero-order valence-electron chi connectivity index (χ0n) is 17.1. The van der Waals surface area contributed by atoms with Crippen LogP contribution in [0.5, 0.6) is 5.75 Å². The summed E-state index contributed by atoms with van der Waals surface area (Å²) in [4.78, 5) is 36.1. The number of benzene rings is 1. The van der Waals surface area contributed by atoms with E-state index in [1.165, 1.54) is 6.92 Å². The van der Waals surface area contributed by atoms with Crippen LogP contribution in [-0.4, -0.2) is 38.7 Å². The Morgan fingerprint density at radius 3 is 1.88 bits per heavy atom. The smallest absolute Gasteiger partial charge is 0.416 e. The van der Waals surface area contributed by atoms with Gasteiger partial charge in [-0.1, -0.05) is 0 Å². The second-order valence-corrected chi connectivity index (χ2v) is 7.34. The molecule has 33 heavy (non-hydrogen) atoms. The first-order chi connectivity index (χ1) is 15.2. The molecule has 1 N–H and O–H groups in total. The van der Waals surface area contributed by atoms with Gasteiger partial charge in [0.2, 0.25) is 0 Å². The highest BCUT2D eigenvalue weighted by Crippen LogP contribution is 2.38. The van der Waals surface area contributed by atoms with Crippen LogP contribution in [0.3, 0.4) is 0 Å². The molecule has 0 bridgehead atoms. The molecule has 14 heteroatoms. The van der Waals surface area contributed by atoms with Crippen LogP contribution in [0.25, 0.3) is 0 Å². The number of hydrogen-bond acceptors (Lipinski definition) is 7. The van der Waals surface area contributed by atoms with E-state index in [0.717, 1.165) is 14.2 Å². The highest BCUT2D eigenvalue weighted by atomic mass is 32.1. The molecule has 1 heterocycles. The molecule has 1 aromatic heterocycles. The molecule has 0 saturated carbocycles. The van der Waals surface area contributed by atoms with E-state index in [1.54, 1.807) is 0 Å². The second-order valence-electron chi connectivity index (χ2n) is 6.32. The molecular formula is C19H15F6NO6S. The maximum absolute atomic E-state index is 12.9. The van der Waals surface area contributed by atoms with E-state index < -0.39 is 53.7 Å². The highest BCUT2D eigenvalue weighted by molar-refractivity contribution is 7.18. The zero-order valence-corrected chi connectivity index (χ0v) is 17.9. The lowest BCUT2D eigenvalue weighted by Crippen LogP contribution is -2.21. The minimum absolute atomic E-state index is 0.0261. The quantitative estimate of drug-likeness (QED) is 0.459. The van der Waals surface area contributed by atoms with Crippen LogP contribution in [0.1, 0.15) is 36.7 Å². The number of hydrogen-bond donors (Lipinski definition) is 1. The number of thiophene rings is 1. The first-order valence-electron chi connectivity index (χ1n) is 8.71. The van der Waals surface area contributed by atoms with Crippen LogP contribution in [0.4, 0.5) is 31.3 Å². The lowest BCUT2D eigenvalue weighted by Gasteiger charge is -2.14. The fourth-order valence-electron chi connectivity index (χ4n) is 2.56. The van der Waals surface area contributed by atoms with Gasteiger partial charge in [0.1, 0.15) is 15.6 Å². The van der Waals surface area contributed by atoms with Gasteiger partial charge in [0.15, 0.2) is 6.61 Å². The monoisotopic (exact) mass is 499 g/mol. The molecule has 0 unspecified atom stereocenters. The van der Waals surface area contributed by atoms with Gasteiger partial charge in [0.25, 0.3) is 5.91 Å². The van der Waals surface area contributed by atoms with Gasteiger partial charge in [-0.2, -0.15) is 26.3 Å². The predicted octanol–water partition coefficient (Wildman–Crippen LogP) is 4.68. The van der Waals surface area contributed by atoms with E-state index in [1.807, 2.05) is 0 Å². The first-order valence-corrected chi connectivity index (χ1v) is 9.52. The number of amides is 1. The van der Waals surface area contributed by atoms with Gasteiger partial charge in [-0.25, -0.2) is 9.59 Å². The summed E-state index contributed by atoms with van der Waals surface area (Å²) < 4.78 is 91.6. The first kappa shape index (κ1) is 26.0. The van der Waals surface area contributed by atoms with E-state index in [-0.39, 0.29) is 27.1 Å². The van der Waals surface area contributed by atoms with Gasteiger partial charge < -0.3 is 19.5 Å². The third-order valence-corrected chi connectivity index (χ3v) is 5.28. The maximum atomic E-state index is 12.9. The van der Waals surface area contributed by atoms with Crippen molar-refractivity contribution in [2.24, 2.45) is 0 Å². The lowest BCUT2D eigenvalue weighted by atomic mass is 10.1. The number of carbonyl (C=O) groups excluding carboxylic acids is 3. The van der Waals surface area contributed by atoms with E-state index >= 15 is 0 Å². The average Bonchev–Trinajstić information content (AvgIpc) is 3.05. The number of methoxy groups -OCH3 is 2. The molecule has 0 spiro atoms. The zero-order chi connectivity index (χ0) is 25.1. The van der Waals surface area contributed by atoms with Crippen LogP contribution in [0.15, 0.2) is 18.2 Å². The van der Waals surface area contributed by atoms with Crippen LogP contribution in [0, 0.1) is 6.92 Å². The van der Waals surface area contributed by atoms with Gasteiger partial charge in [0, 0.05) is 0 Å². The Morgan fingerprint density at radius 2 is 1.42 bits per heavy atom. The van der Waals surface area contributed by atoms with E-state index in [0.29, 0.717) is 23.5 Å². The Bertz CT molecular complexity index is 1040. The number of rotatable bonds is 6. The molecule has 7 nitrogen and oxygen atoms in total. The van der Waals surface area contributed by atoms with Crippen molar-refractivity contribution in [3.8, 4) is 5.75 Å². The Morgan fingerprint density at radius 1 is 0.909 bits per heavy atom. The third kappa shape index (κ3) is 6.15. The van der Waals surface area contributed by atoms with Crippen LogP contribution < -0.4 is 10.1 Å². The summed E-state index contributed by atoms with van der Waals surface area (Å²) in [5, 5.41) is 2.08. The molecular weight excluding hydrogens is 484 g/mol. The summed E-state index contributed by atoms with van der Waals surface area (Å²) in [5.74, 6) is -3.58. The third-order valence-electron chi connectivity index (χ3n) is 4.09. The Balaban J connectivity index is 2.28. The lowest BCUT2D eigenvalue weighted by molar-refractivity contribution is -0.143. The van der Waals surface area contributed by atoms with E-state index in [4.69, 9.17) is 4.74 Å². The number of carbonyl (C=O) groups is 3. The summed E-state index contributed by atoms with van der Waals surface area (Å²) in [6.07, 6.45) is -10.2. The summed E-state index contributed by atoms with van der Waals surface area (Å²) in [6.45, 7) is 0.395. The summed E-state index contributed by atoms with van der Waals surface area (Å²) in [5.41, 5.74) is -3.26. The maximum Gasteiger partial charge on any atom is 0.416 e. The second kappa shape index (κ2) is 9.68. The summed E-state index contributed by atoms with van der Waals surface area (Å²) in [7, 11) is 2.15. The SMILES string of the molecule is COC(=O)c1sc(NC(=O)COc2cc(C(F)(F)F)cc(C(F)(F)F)c2)c(C(=O)OC)c1C. The molecule has 2 rings (SSSR count). The van der Waals surface area contributed by atoms with Gasteiger partial charge in [-0.15, -0.1) is 11.3 Å². The number of halogens is 6. The minimum atomic E-state index is -5.09. The van der Waals surface area contributed by atoms with E-state index in [9.17, 15) is 40.7 Å². The van der Waals surface area contributed by atoms with Gasteiger partial charge >= 0.3 is 24.3 Å². The topological polar surface area (TPSA) is 90.9 Å². The number of alkyl halides is 6. The van der Waals surface area contributed by atoms with Crippen molar-refractivity contribution in [3.05, 3.63) is 45.3 Å². The van der Waals surface area contributed by atoms with Crippen molar-refractivity contribution in [2.45, 2.75) is 19.3 Å². The molecule has 0 aliphatic carbocycles. The molecule has 0 radical (unpaired) electrons. The van der Waals surface area contributed by atoms with Crippen molar-refractivity contribution < 1.29 is 54.9 Å². The van der Waals surface area contributed by atoms with Crippen LogP contribution in [0.2, 0.25) is 0 Å². The molecule has 1 amide bonds. The highest BCUT2D eigenvalue weighted by Gasteiger charge is 2.37. The fourth-order valence-corrected chi connectivity index (χ4v) is 3.69. The molecule has 0 saturated heterocycles. The van der Waals surface area contributed by atoms with Crippen molar-refractivity contribution >= 4 is 34.2 Å². The van der Waals surface area contributed by atoms with Gasteiger partial charge in [-0.05, 0) is 30.7 Å². The molecule has 1 aromatic carbocycles. The molecule has 0 aliphatic rings. The summed E-state index contributed by atoms with van der Waals surface area (Å²) in [6, 6.07) is 0.540. The van der Waals surface area contributed by atoms with Crippen molar-refractivity contribution in [3.63, 3.8) is 0 Å². The Labute approximate surface area is 186 Å². The van der Waals surface area contributed by atoms with Crippen molar-refractivity contribution in [1.82, 2.24) is 0 Å².